The smallest absolute Gasteiger partial charge is 0.175 e. The molecule has 0 saturated carbocycles. The second-order valence-electron chi connectivity index (χ2n) is 7.50. The number of unbranched alkanes of at least 4 members (excludes halogenated alkanes) is 3. The molecule has 0 aliphatic carbocycles. The molecule has 0 saturated heterocycles. The first-order valence-electron chi connectivity index (χ1n) is 11.4. The highest BCUT2D eigenvalue weighted by Crippen LogP contribution is 2.36. The van der Waals surface area contributed by atoms with Gasteiger partial charge in [-0.3, -0.25) is 0 Å². The first-order valence-corrected chi connectivity index (χ1v) is 12.2. The van der Waals surface area contributed by atoms with Crippen molar-refractivity contribution in [3.63, 3.8) is 0 Å². The van der Waals surface area contributed by atoms with E-state index in [0.29, 0.717) is 31.3 Å². The number of hydrogen-bond acceptors (Lipinski definition) is 6. The summed E-state index contributed by atoms with van der Waals surface area (Å²) in [5.74, 6) is 2.13. The molecule has 3 rings (SSSR count). The summed E-state index contributed by atoms with van der Waals surface area (Å²) in [6, 6.07) is 12.2. The van der Waals surface area contributed by atoms with Crippen LogP contribution in [0.25, 0.3) is 0 Å². The van der Waals surface area contributed by atoms with E-state index in [9.17, 15) is 0 Å². The average molecular weight is 515 g/mol. The van der Waals surface area contributed by atoms with Gasteiger partial charge in [-0.1, -0.05) is 38.3 Å². The van der Waals surface area contributed by atoms with Crippen LogP contribution in [0.15, 0.2) is 58.6 Å². The molecule has 176 valence electrons. The molecule has 2 aromatic carbocycles. The van der Waals surface area contributed by atoms with Crippen molar-refractivity contribution in [2.75, 3.05) is 19.8 Å². The zero-order valence-electron chi connectivity index (χ0n) is 19.2. The van der Waals surface area contributed by atoms with E-state index in [4.69, 9.17) is 14.2 Å². The number of ether oxygens (including phenoxy) is 3. The fraction of sp³-hybridized carbons (Fsp3) is 0.400. The number of benzene rings is 2. The van der Waals surface area contributed by atoms with Gasteiger partial charge >= 0.3 is 0 Å². The summed E-state index contributed by atoms with van der Waals surface area (Å²) < 4.78 is 19.9. The van der Waals surface area contributed by atoms with Gasteiger partial charge in [0.15, 0.2) is 11.5 Å². The van der Waals surface area contributed by atoms with Gasteiger partial charge in [0.25, 0.3) is 0 Å². The first kappa shape index (κ1) is 24.8. The van der Waals surface area contributed by atoms with Crippen LogP contribution in [-0.2, 0) is 6.42 Å². The topological polar surface area (TPSA) is 70.8 Å². The van der Waals surface area contributed by atoms with Gasteiger partial charge in [-0.05, 0) is 71.1 Å². The zero-order valence-corrected chi connectivity index (χ0v) is 20.8. The van der Waals surface area contributed by atoms with Crippen LogP contribution in [0.5, 0.6) is 17.2 Å². The molecule has 7 nitrogen and oxygen atoms in total. The summed E-state index contributed by atoms with van der Waals surface area (Å²) in [5.41, 5.74) is 2.21. The zero-order chi connectivity index (χ0) is 23.3. The quantitative estimate of drug-likeness (QED) is 0.197. The molecule has 0 amide bonds. The van der Waals surface area contributed by atoms with Crippen molar-refractivity contribution in [3.05, 3.63) is 64.7 Å². The van der Waals surface area contributed by atoms with Crippen LogP contribution in [0.1, 0.15) is 50.7 Å². The minimum absolute atomic E-state index is 0.394. The second kappa shape index (κ2) is 13.6. The monoisotopic (exact) mass is 514 g/mol. The molecule has 0 fully saturated rings. The van der Waals surface area contributed by atoms with Gasteiger partial charge in [0, 0.05) is 0 Å². The Bertz CT molecular complexity index is 992. The molecular weight excluding hydrogens is 484 g/mol. The number of aromatic nitrogens is 3. The molecule has 0 N–H and O–H groups in total. The van der Waals surface area contributed by atoms with Crippen LogP contribution in [0.3, 0.4) is 0 Å². The Kier molecular flexibility index (Phi) is 10.2. The van der Waals surface area contributed by atoms with Crippen LogP contribution in [-0.4, -0.2) is 40.9 Å². The van der Waals surface area contributed by atoms with Crippen molar-refractivity contribution in [3.8, 4) is 17.2 Å². The third-order valence-electron chi connectivity index (χ3n) is 4.92. The van der Waals surface area contributed by atoms with E-state index in [1.54, 1.807) is 6.21 Å². The van der Waals surface area contributed by atoms with Crippen molar-refractivity contribution in [1.29, 1.82) is 0 Å². The van der Waals surface area contributed by atoms with E-state index >= 15 is 0 Å². The molecule has 0 unspecified atom stereocenters. The summed E-state index contributed by atoms with van der Waals surface area (Å²) in [6.45, 7) is 5.53. The molecule has 0 aliphatic rings. The van der Waals surface area contributed by atoms with Crippen molar-refractivity contribution in [2.24, 2.45) is 5.10 Å². The highest BCUT2D eigenvalue weighted by Gasteiger charge is 2.12. The molecule has 1 heterocycles. The maximum atomic E-state index is 5.98. The average Bonchev–Trinajstić information content (AvgIpc) is 3.34. The standard InChI is InChI=1S/C25H31BrN4O3/c1-3-5-6-7-8-20-9-11-22(12-10-20)32-13-14-33-25-23(26)15-21(16-24(25)31-4-2)17-29-30-18-27-28-19-30/h9-12,15-19H,3-8,13-14H2,1-2H3/b29-17-. The van der Waals surface area contributed by atoms with Crippen LogP contribution in [0, 0.1) is 0 Å². The fourth-order valence-electron chi connectivity index (χ4n) is 3.27. The molecule has 0 bridgehead atoms. The van der Waals surface area contributed by atoms with Gasteiger partial charge in [0.05, 0.1) is 17.3 Å². The molecule has 8 heteroatoms. The second-order valence-corrected chi connectivity index (χ2v) is 8.36. The SMILES string of the molecule is CCCCCCc1ccc(OCCOc2c(Br)cc(/C=N\n3cnnc3)cc2OCC)cc1. The van der Waals surface area contributed by atoms with Gasteiger partial charge in [0.2, 0.25) is 0 Å². The first-order chi connectivity index (χ1) is 16.2. The Morgan fingerprint density at radius 2 is 1.70 bits per heavy atom. The van der Waals surface area contributed by atoms with Gasteiger partial charge in [0.1, 0.15) is 31.6 Å². The number of hydrogen-bond donors (Lipinski definition) is 0. The fourth-order valence-corrected chi connectivity index (χ4v) is 3.84. The van der Waals surface area contributed by atoms with E-state index in [0.717, 1.165) is 22.2 Å². The molecule has 0 radical (unpaired) electrons. The van der Waals surface area contributed by atoms with E-state index in [1.165, 1.54) is 48.6 Å². The number of aryl methyl sites for hydroxylation is 1. The third-order valence-corrected chi connectivity index (χ3v) is 5.51. The van der Waals surface area contributed by atoms with E-state index < -0.39 is 0 Å². The van der Waals surface area contributed by atoms with Crippen molar-refractivity contribution in [2.45, 2.75) is 46.0 Å². The highest BCUT2D eigenvalue weighted by atomic mass is 79.9. The maximum Gasteiger partial charge on any atom is 0.175 e. The lowest BCUT2D eigenvalue weighted by atomic mass is 10.1. The number of rotatable bonds is 14. The lowest BCUT2D eigenvalue weighted by Gasteiger charge is -2.15. The van der Waals surface area contributed by atoms with E-state index in [2.05, 4.69) is 50.3 Å². The van der Waals surface area contributed by atoms with Crippen LogP contribution in [0.2, 0.25) is 0 Å². The largest absolute Gasteiger partial charge is 0.490 e. The Morgan fingerprint density at radius 1 is 0.939 bits per heavy atom. The number of nitrogens with zero attached hydrogens (tertiary/aromatic N) is 4. The predicted molar refractivity (Wildman–Crippen MR) is 134 cm³/mol. The molecular formula is C25H31BrN4O3. The summed E-state index contributed by atoms with van der Waals surface area (Å²) in [7, 11) is 0. The van der Waals surface area contributed by atoms with E-state index in [-0.39, 0.29) is 0 Å². The minimum atomic E-state index is 0.394. The molecule has 0 aliphatic heterocycles. The van der Waals surface area contributed by atoms with Crippen molar-refractivity contribution < 1.29 is 14.2 Å². The molecule has 1 aromatic heterocycles. The Morgan fingerprint density at radius 3 is 2.42 bits per heavy atom. The van der Waals surface area contributed by atoms with Gasteiger partial charge < -0.3 is 14.2 Å². The normalized spacial score (nSPS) is 11.1. The summed E-state index contributed by atoms with van der Waals surface area (Å²) >= 11 is 3.58. The lowest BCUT2D eigenvalue weighted by Crippen LogP contribution is -2.10. The Labute approximate surface area is 203 Å². The Balaban J connectivity index is 1.51. The summed E-state index contributed by atoms with van der Waals surface area (Å²) in [6.07, 6.45) is 11.0. The predicted octanol–water partition coefficient (Wildman–Crippen LogP) is 5.90. The maximum absolute atomic E-state index is 5.98. The van der Waals surface area contributed by atoms with Gasteiger partial charge in [-0.25, -0.2) is 4.68 Å². The number of halogens is 1. The van der Waals surface area contributed by atoms with E-state index in [1.807, 2.05) is 31.2 Å². The van der Waals surface area contributed by atoms with Crippen LogP contribution in [0.4, 0.5) is 0 Å². The van der Waals surface area contributed by atoms with Crippen molar-refractivity contribution in [1.82, 2.24) is 14.9 Å². The van der Waals surface area contributed by atoms with Gasteiger partial charge in [-0.2, -0.15) is 5.10 Å². The summed E-state index contributed by atoms with van der Waals surface area (Å²) in [5, 5.41) is 11.7. The molecule has 0 atom stereocenters. The molecule has 33 heavy (non-hydrogen) atoms. The molecule has 0 spiro atoms. The van der Waals surface area contributed by atoms with Crippen LogP contribution >= 0.6 is 15.9 Å². The lowest BCUT2D eigenvalue weighted by molar-refractivity contribution is 0.207. The van der Waals surface area contributed by atoms with Gasteiger partial charge in [-0.15, -0.1) is 10.2 Å². The Hall–Kier alpha value is -2.87. The van der Waals surface area contributed by atoms with Crippen LogP contribution < -0.4 is 14.2 Å². The third kappa shape index (κ3) is 8.20. The molecule has 3 aromatic rings. The minimum Gasteiger partial charge on any atom is -0.490 e. The highest BCUT2D eigenvalue weighted by molar-refractivity contribution is 9.10. The van der Waals surface area contributed by atoms with Crippen molar-refractivity contribution >= 4 is 22.1 Å². The summed E-state index contributed by atoms with van der Waals surface area (Å²) in [4.78, 5) is 0.